The smallest absolute Gasteiger partial charge is 0.315 e. The van der Waals surface area contributed by atoms with Gasteiger partial charge in [-0.15, -0.1) is 0 Å². The number of halogens is 2. The number of carbonyl (C=O) groups is 2. The number of rotatable bonds is 7. The first-order valence-electron chi connectivity index (χ1n) is 11.8. The average molecular weight is 498 g/mol. The first kappa shape index (κ1) is 26.8. The van der Waals surface area contributed by atoms with Gasteiger partial charge in [0.1, 0.15) is 12.4 Å². The zero-order chi connectivity index (χ0) is 26.6. The van der Waals surface area contributed by atoms with Crippen molar-refractivity contribution >= 4 is 23.4 Å². The normalized spacial score (nSPS) is 11.5. The van der Waals surface area contributed by atoms with Gasteiger partial charge >= 0.3 is 6.03 Å². The van der Waals surface area contributed by atoms with Crippen LogP contribution >= 0.6 is 0 Å². The second-order valence-corrected chi connectivity index (χ2v) is 10.2. The lowest BCUT2D eigenvalue weighted by Crippen LogP contribution is -2.42. The summed E-state index contributed by atoms with van der Waals surface area (Å²) in [6, 6.07) is 12.1. The average Bonchev–Trinajstić information content (AvgIpc) is 3.19. The molecule has 3 aromatic rings. The van der Waals surface area contributed by atoms with Crippen LogP contribution < -0.4 is 10.6 Å². The van der Waals surface area contributed by atoms with Gasteiger partial charge < -0.3 is 15.5 Å². The van der Waals surface area contributed by atoms with E-state index in [9.17, 15) is 18.4 Å². The highest BCUT2D eigenvalue weighted by atomic mass is 19.2. The number of hydrogen-bond acceptors (Lipinski definition) is 3. The molecule has 0 saturated carbocycles. The molecule has 3 rings (SSSR count). The van der Waals surface area contributed by atoms with Crippen molar-refractivity contribution in [2.45, 2.75) is 47.0 Å². The van der Waals surface area contributed by atoms with Crippen LogP contribution in [-0.2, 0) is 10.2 Å². The van der Waals surface area contributed by atoms with E-state index in [4.69, 9.17) is 5.10 Å². The maximum Gasteiger partial charge on any atom is 0.322 e. The highest BCUT2D eigenvalue weighted by molar-refractivity contribution is 5.96. The van der Waals surface area contributed by atoms with Crippen molar-refractivity contribution < 1.29 is 18.4 Å². The van der Waals surface area contributed by atoms with Crippen molar-refractivity contribution in [3.8, 4) is 5.69 Å². The van der Waals surface area contributed by atoms with Crippen LogP contribution in [0.25, 0.3) is 5.69 Å². The molecule has 0 atom stereocenters. The summed E-state index contributed by atoms with van der Waals surface area (Å²) in [4.78, 5) is 27.3. The summed E-state index contributed by atoms with van der Waals surface area (Å²) in [7, 11) is 0. The van der Waals surface area contributed by atoms with Gasteiger partial charge in [-0.05, 0) is 36.6 Å². The zero-order valence-corrected chi connectivity index (χ0v) is 21.5. The number of hydrogen-bond donors (Lipinski definition) is 2. The molecule has 1 aromatic heterocycles. The third-order valence-corrected chi connectivity index (χ3v) is 5.47. The summed E-state index contributed by atoms with van der Waals surface area (Å²) in [5.74, 6) is -1.93. The Labute approximate surface area is 210 Å². The second kappa shape index (κ2) is 10.9. The molecule has 2 aromatic carbocycles. The molecule has 0 aliphatic carbocycles. The van der Waals surface area contributed by atoms with Crippen LogP contribution in [0.1, 0.15) is 45.9 Å². The minimum absolute atomic E-state index is 0.0680. The molecule has 0 aliphatic heterocycles. The number of anilines is 2. The molecular formula is C27H33F2N5O2. The highest BCUT2D eigenvalue weighted by Crippen LogP contribution is 2.27. The zero-order valence-electron chi connectivity index (χ0n) is 21.5. The molecular weight excluding hydrogens is 464 g/mol. The monoisotopic (exact) mass is 497 g/mol. The SMILES string of the molecule is Cc1ccccc1-n1nc(C(C)(C)C)cc1NC(=O)CN(CC(C)C)C(=O)Nc1ccc(F)c(F)c1. The van der Waals surface area contributed by atoms with Crippen LogP contribution in [0.5, 0.6) is 0 Å². The first-order valence-corrected chi connectivity index (χ1v) is 11.8. The van der Waals surface area contributed by atoms with E-state index in [1.165, 1.54) is 11.0 Å². The van der Waals surface area contributed by atoms with Crippen molar-refractivity contribution in [2.75, 3.05) is 23.7 Å². The van der Waals surface area contributed by atoms with Gasteiger partial charge in [-0.2, -0.15) is 5.10 Å². The molecule has 1 heterocycles. The second-order valence-electron chi connectivity index (χ2n) is 10.2. The molecule has 0 fully saturated rings. The van der Waals surface area contributed by atoms with Crippen molar-refractivity contribution in [1.29, 1.82) is 0 Å². The fraction of sp³-hybridized carbons (Fsp3) is 0.370. The molecule has 0 saturated heterocycles. The van der Waals surface area contributed by atoms with E-state index >= 15 is 0 Å². The Hall–Kier alpha value is -3.75. The lowest BCUT2D eigenvalue weighted by atomic mass is 9.92. The van der Waals surface area contributed by atoms with Gasteiger partial charge in [-0.3, -0.25) is 4.79 Å². The maximum absolute atomic E-state index is 13.6. The van der Waals surface area contributed by atoms with Gasteiger partial charge in [0.05, 0.1) is 11.4 Å². The number of aromatic nitrogens is 2. The quantitative estimate of drug-likeness (QED) is 0.428. The summed E-state index contributed by atoms with van der Waals surface area (Å²) in [6.45, 7) is 12.0. The van der Waals surface area contributed by atoms with Crippen molar-refractivity contribution in [1.82, 2.24) is 14.7 Å². The maximum atomic E-state index is 13.6. The number of para-hydroxylation sites is 1. The van der Waals surface area contributed by atoms with Crippen LogP contribution in [0.15, 0.2) is 48.5 Å². The number of benzene rings is 2. The standard InChI is InChI=1S/C27H33F2N5O2/c1-17(2)15-33(26(36)30-19-11-12-20(28)21(29)13-19)16-25(35)31-24-14-23(27(4,5)6)32-34(24)22-10-8-7-9-18(22)3/h7-14,17H,15-16H2,1-6H3,(H,30,36)(H,31,35). The third-order valence-electron chi connectivity index (χ3n) is 5.47. The molecule has 0 spiro atoms. The minimum Gasteiger partial charge on any atom is -0.315 e. The van der Waals surface area contributed by atoms with E-state index in [0.717, 1.165) is 29.1 Å². The number of urea groups is 1. The number of aryl methyl sites for hydroxylation is 1. The third kappa shape index (κ3) is 6.68. The van der Waals surface area contributed by atoms with E-state index < -0.39 is 23.6 Å². The van der Waals surface area contributed by atoms with Crippen molar-refractivity contribution in [3.05, 3.63) is 71.4 Å². The molecule has 192 valence electrons. The first-order chi connectivity index (χ1) is 16.8. The van der Waals surface area contributed by atoms with Gasteiger partial charge in [-0.25, -0.2) is 18.3 Å². The Balaban J connectivity index is 1.83. The summed E-state index contributed by atoms with van der Waals surface area (Å²) in [6.07, 6.45) is 0. The number of amides is 3. The van der Waals surface area contributed by atoms with Crippen molar-refractivity contribution in [3.63, 3.8) is 0 Å². The van der Waals surface area contributed by atoms with Crippen LogP contribution in [0.4, 0.5) is 25.1 Å². The summed E-state index contributed by atoms with van der Waals surface area (Å²) >= 11 is 0. The van der Waals surface area contributed by atoms with Crippen LogP contribution in [-0.4, -0.2) is 39.7 Å². The summed E-state index contributed by atoms with van der Waals surface area (Å²) in [5, 5.41) is 10.2. The Bertz CT molecular complexity index is 1250. The predicted octanol–water partition coefficient (Wildman–Crippen LogP) is 5.89. The Morgan fingerprint density at radius 3 is 2.33 bits per heavy atom. The van der Waals surface area contributed by atoms with Crippen LogP contribution in [0, 0.1) is 24.5 Å². The highest BCUT2D eigenvalue weighted by Gasteiger charge is 2.24. The van der Waals surface area contributed by atoms with Crippen LogP contribution in [0.3, 0.4) is 0 Å². The van der Waals surface area contributed by atoms with E-state index in [1.807, 2.05) is 71.9 Å². The Morgan fingerprint density at radius 2 is 1.72 bits per heavy atom. The van der Waals surface area contributed by atoms with E-state index in [-0.39, 0.29) is 30.1 Å². The fourth-order valence-electron chi connectivity index (χ4n) is 3.61. The Kier molecular flexibility index (Phi) is 8.12. The predicted molar refractivity (Wildman–Crippen MR) is 137 cm³/mol. The van der Waals surface area contributed by atoms with Gasteiger partial charge in [0.25, 0.3) is 0 Å². The fourth-order valence-corrected chi connectivity index (χ4v) is 3.61. The lowest BCUT2D eigenvalue weighted by Gasteiger charge is -2.24. The number of carbonyl (C=O) groups excluding carboxylic acids is 2. The molecule has 2 N–H and O–H groups in total. The molecule has 9 heteroatoms. The molecule has 0 aliphatic rings. The van der Waals surface area contributed by atoms with Gasteiger partial charge in [0, 0.05) is 29.8 Å². The largest absolute Gasteiger partial charge is 0.322 e. The van der Waals surface area contributed by atoms with Gasteiger partial charge in [0.2, 0.25) is 5.91 Å². The van der Waals surface area contributed by atoms with Gasteiger partial charge in [0.15, 0.2) is 11.6 Å². The van der Waals surface area contributed by atoms with Gasteiger partial charge in [-0.1, -0.05) is 52.8 Å². The van der Waals surface area contributed by atoms with E-state index in [1.54, 1.807) is 4.68 Å². The topological polar surface area (TPSA) is 79.3 Å². The molecule has 36 heavy (non-hydrogen) atoms. The van der Waals surface area contributed by atoms with Crippen LogP contribution in [0.2, 0.25) is 0 Å². The lowest BCUT2D eigenvalue weighted by molar-refractivity contribution is -0.116. The minimum atomic E-state index is -1.07. The number of nitrogens with one attached hydrogen (secondary N) is 2. The summed E-state index contributed by atoms with van der Waals surface area (Å²) in [5.41, 5.74) is 2.47. The van der Waals surface area contributed by atoms with Crippen molar-refractivity contribution in [2.24, 2.45) is 5.92 Å². The molecule has 7 nitrogen and oxygen atoms in total. The Morgan fingerprint density at radius 1 is 1.03 bits per heavy atom. The molecule has 0 unspecified atom stereocenters. The van der Waals surface area contributed by atoms with E-state index in [0.29, 0.717) is 5.82 Å². The van der Waals surface area contributed by atoms with E-state index in [2.05, 4.69) is 10.6 Å². The molecule has 3 amide bonds. The molecule has 0 bridgehead atoms. The number of nitrogens with zero attached hydrogens (tertiary/aromatic N) is 3. The molecule has 0 radical (unpaired) electrons. The summed E-state index contributed by atoms with van der Waals surface area (Å²) < 4.78 is 28.5.